The fourth-order valence-corrected chi connectivity index (χ4v) is 2.25. The highest BCUT2D eigenvalue weighted by molar-refractivity contribution is 4.96. The van der Waals surface area contributed by atoms with E-state index in [-0.39, 0.29) is 11.5 Å². The zero-order valence-electron chi connectivity index (χ0n) is 9.22. The normalized spacial score (nSPS) is 45.5. The minimum absolute atomic E-state index is 0.209. The molecule has 3 heteroatoms. The summed E-state index contributed by atoms with van der Waals surface area (Å²) in [4.78, 5) is 0. The van der Waals surface area contributed by atoms with Crippen molar-refractivity contribution in [1.82, 2.24) is 0 Å². The molecule has 0 amide bonds. The first kappa shape index (κ1) is 11.0. The van der Waals surface area contributed by atoms with Gasteiger partial charge >= 0.3 is 0 Å². The second-order valence-electron chi connectivity index (χ2n) is 3.99. The maximum absolute atomic E-state index is 5.65. The topological polar surface area (TPSA) is 27.7 Å². The summed E-state index contributed by atoms with van der Waals surface area (Å²) >= 11 is 0. The number of ether oxygens (including phenoxy) is 3. The van der Waals surface area contributed by atoms with Gasteiger partial charge in [0.1, 0.15) is 0 Å². The molecule has 3 nitrogen and oxygen atoms in total. The Kier molecular flexibility index (Phi) is 3.00. The minimum Gasteiger partial charge on any atom is -0.376 e. The Morgan fingerprint density at radius 1 is 1.31 bits per heavy atom. The molecule has 0 N–H and O–H groups in total. The second kappa shape index (κ2) is 3.56. The monoisotopic (exact) mass is 188 g/mol. The van der Waals surface area contributed by atoms with Crippen molar-refractivity contribution in [3.8, 4) is 0 Å². The lowest BCUT2D eigenvalue weighted by molar-refractivity contribution is -0.204. The van der Waals surface area contributed by atoms with Gasteiger partial charge in [-0.1, -0.05) is 6.92 Å². The Hall–Kier alpha value is -0.120. The van der Waals surface area contributed by atoms with Gasteiger partial charge in [-0.05, 0) is 20.3 Å². The van der Waals surface area contributed by atoms with E-state index in [1.165, 1.54) is 0 Å². The summed E-state index contributed by atoms with van der Waals surface area (Å²) in [5.41, 5.74) is -0.209. The van der Waals surface area contributed by atoms with Crippen LogP contribution in [0.3, 0.4) is 0 Å². The van der Waals surface area contributed by atoms with Crippen LogP contribution in [0.1, 0.15) is 27.2 Å². The number of methoxy groups -OCH3 is 2. The summed E-state index contributed by atoms with van der Waals surface area (Å²) < 4.78 is 16.5. The van der Waals surface area contributed by atoms with E-state index in [0.717, 1.165) is 6.42 Å². The molecule has 0 aromatic heterocycles. The van der Waals surface area contributed by atoms with E-state index in [9.17, 15) is 0 Å². The lowest BCUT2D eigenvalue weighted by Crippen LogP contribution is -2.43. The van der Waals surface area contributed by atoms with Crippen LogP contribution in [0, 0.1) is 5.92 Å². The quantitative estimate of drug-likeness (QED) is 0.676. The van der Waals surface area contributed by atoms with Crippen molar-refractivity contribution in [2.45, 2.75) is 38.6 Å². The molecule has 0 aliphatic carbocycles. The van der Waals surface area contributed by atoms with Crippen LogP contribution in [0.5, 0.6) is 0 Å². The fourth-order valence-electron chi connectivity index (χ4n) is 2.25. The summed E-state index contributed by atoms with van der Waals surface area (Å²) in [7, 11) is 3.41. The Morgan fingerprint density at radius 3 is 2.31 bits per heavy atom. The molecule has 78 valence electrons. The molecular formula is C10H20O3. The molecule has 1 aliphatic heterocycles. The lowest BCUT2D eigenvalue weighted by Gasteiger charge is -2.34. The van der Waals surface area contributed by atoms with Crippen LogP contribution in [0.4, 0.5) is 0 Å². The number of hydrogen-bond acceptors (Lipinski definition) is 3. The van der Waals surface area contributed by atoms with Gasteiger partial charge in [-0.15, -0.1) is 0 Å². The van der Waals surface area contributed by atoms with Gasteiger partial charge in [0.2, 0.25) is 0 Å². The third kappa shape index (κ3) is 1.60. The summed E-state index contributed by atoms with van der Waals surface area (Å²) in [6, 6.07) is 0. The fraction of sp³-hybridized carbons (Fsp3) is 1.00. The van der Waals surface area contributed by atoms with Crippen molar-refractivity contribution in [2.75, 3.05) is 20.8 Å². The Balaban J connectivity index is 2.86. The van der Waals surface area contributed by atoms with Crippen LogP contribution in [0.15, 0.2) is 0 Å². The number of hydrogen-bond donors (Lipinski definition) is 0. The van der Waals surface area contributed by atoms with Crippen LogP contribution < -0.4 is 0 Å². The average molecular weight is 188 g/mol. The van der Waals surface area contributed by atoms with Gasteiger partial charge in [0.15, 0.2) is 5.79 Å². The van der Waals surface area contributed by atoms with Crippen LogP contribution in [0.25, 0.3) is 0 Å². The minimum atomic E-state index is -0.487. The molecule has 1 heterocycles. The van der Waals surface area contributed by atoms with E-state index in [0.29, 0.717) is 6.61 Å². The summed E-state index contributed by atoms with van der Waals surface area (Å²) in [5, 5.41) is 0. The predicted molar refractivity (Wildman–Crippen MR) is 50.6 cm³/mol. The Morgan fingerprint density at radius 2 is 1.92 bits per heavy atom. The van der Waals surface area contributed by atoms with Crippen molar-refractivity contribution < 1.29 is 14.2 Å². The highest BCUT2D eigenvalue weighted by Crippen LogP contribution is 2.43. The molecule has 0 bridgehead atoms. The highest BCUT2D eigenvalue weighted by Gasteiger charge is 2.53. The lowest BCUT2D eigenvalue weighted by atomic mass is 9.84. The van der Waals surface area contributed by atoms with Crippen molar-refractivity contribution in [3.05, 3.63) is 0 Å². The first-order valence-corrected chi connectivity index (χ1v) is 4.76. The molecule has 1 saturated heterocycles. The maximum atomic E-state index is 5.65. The molecule has 0 aromatic rings. The molecule has 13 heavy (non-hydrogen) atoms. The second-order valence-corrected chi connectivity index (χ2v) is 3.99. The standard InChI is InChI=1S/C10H20O3/c1-6-8-9(2,11-4)7-13-10(8,3)12-5/h8H,6-7H2,1-5H3. The van der Waals surface area contributed by atoms with Gasteiger partial charge in [0, 0.05) is 20.1 Å². The van der Waals surface area contributed by atoms with Crippen LogP contribution in [0.2, 0.25) is 0 Å². The van der Waals surface area contributed by atoms with Gasteiger partial charge in [-0.2, -0.15) is 0 Å². The van der Waals surface area contributed by atoms with Crippen LogP contribution in [-0.2, 0) is 14.2 Å². The van der Waals surface area contributed by atoms with Gasteiger partial charge < -0.3 is 14.2 Å². The first-order valence-electron chi connectivity index (χ1n) is 4.76. The Bertz CT molecular complexity index is 165. The SMILES string of the molecule is CCC1C(C)(OC)COC1(C)OC. The van der Waals surface area contributed by atoms with Crippen molar-refractivity contribution >= 4 is 0 Å². The molecule has 0 spiro atoms. The summed E-state index contributed by atoms with van der Waals surface area (Å²) in [5.74, 6) is -0.200. The van der Waals surface area contributed by atoms with Crippen molar-refractivity contribution in [1.29, 1.82) is 0 Å². The van der Waals surface area contributed by atoms with E-state index in [1.54, 1.807) is 14.2 Å². The predicted octanol–water partition coefficient (Wildman–Crippen LogP) is 1.81. The van der Waals surface area contributed by atoms with Gasteiger partial charge in [-0.25, -0.2) is 0 Å². The van der Waals surface area contributed by atoms with Gasteiger partial charge in [0.05, 0.1) is 12.2 Å². The van der Waals surface area contributed by atoms with Crippen molar-refractivity contribution in [3.63, 3.8) is 0 Å². The molecule has 1 fully saturated rings. The van der Waals surface area contributed by atoms with Gasteiger partial charge in [-0.3, -0.25) is 0 Å². The van der Waals surface area contributed by atoms with Crippen molar-refractivity contribution in [2.24, 2.45) is 5.92 Å². The van der Waals surface area contributed by atoms with E-state index < -0.39 is 5.79 Å². The summed E-state index contributed by atoms with van der Waals surface area (Å²) in [6.07, 6.45) is 0.995. The molecule has 0 radical (unpaired) electrons. The smallest absolute Gasteiger partial charge is 0.170 e. The summed E-state index contributed by atoms with van der Waals surface area (Å²) in [6.45, 7) is 6.79. The zero-order valence-corrected chi connectivity index (χ0v) is 9.22. The molecule has 0 aromatic carbocycles. The maximum Gasteiger partial charge on any atom is 0.170 e. The zero-order chi connectivity index (χ0) is 10.1. The molecule has 3 atom stereocenters. The number of rotatable bonds is 3. The Labute approximate surface area is 80.4 Å². The average Bonchev–Trinajstić information content (AvgIpc) is 2.41. The first-order chi connectivity index (χ1) is 6.02. The van der Waals surface area contributed by atoms with E-state index in [2.05, 4.69) is 13.8 Å². The molecule has 3 unspecified atom stereocenters. The van der Waals surface area contributed by atoms with E-state index in [1.807, 2.05) is 6.92 Å². The molecule has 1 rings (SSSR count). The van der Waals surface area contributed by atoms with E-state index >= 15 is 0 Å². The molecular weight excluding hydrogens is 168 g/mol. The molecule has 1 aliphatic rings. The van der Waals surface area contributed by atoms with Gasteiger partial charge in [0.25, 0.3) is 0 Å². The van der Waals surface area contributed by atoms with E-state index in [4.69, 9.17) is 14.2 Å². The van der Waals surface area contributed by atoms with Crippen LogP contribution in [-0.4, -0.2) is 32.2 Å². The van der Waals surface area contributed by atoms with Crippen LogP contribution >= 0.6 is 0 Å². The molecule has 0 saturated carbocycles. The third-order valence-corrected chi connectivity index (χ3v) is 3.30. The third-order valence-electron chi connectivity index (χ3n) is 3.30. The highest BCUT2D eigenvalue weighted by atomic mass is 16.7. The largest absolute Gasteiger partial charge is 0.376 e.